The zero-order chi connectivity index (χ0) is 18.9. The van der Waals surface area contributed by atoms with Crippen LogP contribution in [-0.4, -0.2) is 69.6 Å². The third-order valence-electron chi connectivity index (χ3n) is 4.98. The topological polar surface area (TPSA) is 58.3 Å². The minimum absolute atomic E-state index is 0.0498. The Hall–Kier alpha value is -1.92. The average Bonchev–Trinajstić information content (AvgIpc) is 2.61. The summed E-state index contributed by atoms with van der Waals surface area (Å²) in [6, 6.07) is 8.71. The lowest BCUT2D eigenvalue weighted by atomic mass is 10.1. The van der Waals surface area contributed by atoms with Crippen LogP contribution in [0.5, 0.6) is 0 Å². The van der Waals surface area contributed by atoms with Crippen LogP contribution in [0.4, 0.5) is 0 Å². The van der Waals surface area contributed by atoms with E-state index in [0.717, 1.165) is 39.1 Å². The molecule has 1 aromatic rings. The fraction of sp³-hybridized carbons (Fsp3) is 0.600. The molecule has 1 aliphatic rings. The molecule has 0 aromatic heterocycles. The van der Waals surface area contributed by atoms with E-state index in [1.807, 2.05) is 6.92 Å². The van der Waals surface area contributed by atoms with Crippen molar-refractivity contribution in [3.63, 3.8) is 0 Å². The highest BCUT2D eigenvalue weighted by molar-refractivity contribution is 5.84. The Kier molecular flexibility index (Phi) is 8.06. The number of rotatable bonds is 8. The minimum Gasteiger partial charge on any atom is -0.355 e. The number of hydrogen-bond acceptors (Lipinski definition) is 2. The molecule has 1 aliphatic heterocycles. The summed E-state index contributed by atoms with van der Waals surface area (Å²) in [6.07, 6.45) is 0.905. The smallest absolute Gasteiger partial charge is 0.277 e. The predicted octanol–water partition coefficient (Wildman–Crippen LogP) is -1.74. The number of piperazine rings is 1. The monoisotopic (exact) mass is 362 g/mol. The molecule has 144 valence electrons. The van der Waals surface area contributed by atoms with Gasteiger partial charge < -0.3 is 20.0 Å². The van der Waals surface area contributed by atoms with Gasteiger partial charge in [0.2, 0.25) is 5.91 Å². The molecular formula is C20H34N4O2+2. The van der Waals surface area contributed by atoms with Gasteiger partial charge in [0.15, 0.2) is 6.54 Å². The van der Waals surface area contributed by atoms with Crippen molar-refractivity contribution >= 4 is 11.8 Å². The predicted molar refractivity (Wildman–Crippen MR) is 102 cm³/mol. The van der Waals surface area contributed by atoms with Gasteiger partial charge in [-0.25, -0.2) is 0 Å². The second-order valence-corrected chi connectivity index (χ2v) is 7.44. The first-order valence-corrected chi connectivity index (χ1v) is 9.71. The van der Waals surface area contributed by atoms with Crippen molar-refractivity contribution in [1.29, 1.82) is 0 Å². The Morgan fingerprint density at radius 3 is 2.50 bits per heavy atom. The van der Waals surface area contributed by atoms with Crippen molar-refractivity contribution in [3.8, 4) is 0 Å². The van der Waals surface area contributed by atoms with E-state index < -0.39 is 0 Å². The molecule has 0 unspecified atom stereocenters. The number of likely N-dealkylation sites (N-methyl/N-ethyl adjacent to an activating group) is 1. The lowest BCUT2D eigenvalue weighted by Gasteiger charge is -2.30. The molecule has 1 saturated heterocycles. The quantitative estimate of drug-likeness (QED) is 0.514. The molecule has 6 nitrogen and oxygen atoms in total. The van der Waals surface area contributed by atoms with Crippen molar-refractivity contribution in [3.05, 3.63) is 35.4 Å². The van der Waals surface area contributed by atoms with E-state index in [1.165, 1.54) is 16.0 Å². The Bertz CT molecular complexity index is 597. The molecular weight excluding hydrogens is 328 g/mol. The Morgan fingerprint density at radius 2 is 1.85 bits per heavy atom. The van der Waals surface area contributed by atoms with E-state index >= 15 is 0 Å². The fourth-order valence-electron chi connectivity index (χ4n) is 3.39. The van der Waals surface area contributed by atoms with Crippen molar-refractivity contribution in [2.75, 3.05) is 52.9 Å². The highest BCUT2D eigenvalue weighted by atomic mass is 16.2. The minimum atomic E-state index is -0.0786. The first-order valence-electron chi connectivity index (χ1n) is 9.71. The summed E-state index contributed by atoms with van der Waals surface area (Å²) in [7, 11) is 1.71. The highest BCUT2D eigenvalue weighted by Gasteiger charge is 2.26. The van der Waals surface area contributed by atoms with Gasteiger partial charge in [0.05, 0.1) is 6.54 Å². The van der Waals surface area contributed by atoms with Gasteiger partial charge in [-0.15, -0.1) is 0 Å². The summed E-state index contributed by atoms with van der Waals surface area (Å²) >= 11 is 0. The maximum atomic E-state index is 12.3. The van der Waals surface area contributed by atoms with Crippen LogP contribution in [0.3, 0.4) is 0 Å². The van der Waals surface area contributed by atoms with Crippen molar-refractivity contribution in [2.45, 2.75) is 26.8 Å². The summed E-state index contributed by atoms with van der Waals surface area (Å²) in [6.45, 7) is 10.7. The van der Waals surface area contributed by atoms with Crippen molar-refractivity contribution in [1.82, 2.24) is 10.2 Å². The molecule has 2 rings (SSSR count). The molecule has 1 fully saturated rings. The standard InChI is InChI=1S/C20H32N4O2/c1-4-8-21-19(25)15-22(3)20(26)16-24-11-9-23(10-12-24)14-18-7-5-6-17(2)13-18/h5-7,13H,4,8-12,14-16H2,1-3H3,(H,21,25)/p+2. The number of amides is 2. The van der Waals surface area contributed by atoms with Gasteiger partial charge in [-0.2, -0.15) is 0 Å². The second kappa shape index (κ2) is 10.3. The van der Waals surface area contributed by atoms with Crippen LogP contribution in [0, 0.1) is 6.92 Å². The molecule has 0 spiro atoms. The van der Waals surface area contributed by atoms with E-state index in [4.69, 9.17) is 0 Å². The molecule has 0 atom stereocenters. The van der Waals surface area contributed by atoms with Crippen molar-refractivity contribution < 1.29 is 19.4 Å². The molecule has 2 amide bonds. The first-order chi connectivity index (χ1) is 12.5. The summed E-state index contributed by atoms with van der Waals surface area (Å²) < 4.78 is 0. The average molecular weight is 363 g/mol. The SMILES string of the molecule is CCCNC(=O)CN(C)C(=O)C[NH+]1CC[NH+](Cc2cccc(C)c2)CC1. The number of nitrogens with zero attached hydrogens (tertiary/aromatic N) is 1. The third kappa shape index (κ3) is 6.77. The number of carbonyl (C=O) groups excluding carboxylic acids is 2. The van der Waals surface area contributed by atoms with E-state index in [2.05, 4.69) is 36.5 Å². The number of aryl methyl sites for hydroxylation is 1. The summed E-state index contributed by atoms with van der Waals surface area (Å²) in [4.78, 5) is 28.5. The van der Waals surface area contributed by atoms with Gasteiger partial charge in [0, 0.05) is 19.2 Å². The number of benzene rings is 1. The van der Waals surface area contributed by atoms with Gasteiger partial charge in [0.25, 0.3) is 5.91 Å². The van der Waals surface area contributed by atoms with E-state index in [9.17, 15) is 9.59 Å². The van der Waals surface area contributed by atoms with E-state index in [-0.39, 0.29) is 18.4 Å². The van der Waals surface area contributed by atoms with Gasteiger partial charge in [-0.3, -0.25) is 9.59 Å². The Balaban J connectivity index is 1.70. The third-order valence-corrected chi connectivity index (χ3v) is 4.98. The molecule has 0 saturated carbocycles. The van der Waals surface area contributed by atoms with Gasteiger partial charge in [-0.05, 0) is 13.3 Å². The lowest BCUT2D eigenvalue weighted by molar-refractivity contribution is -1.02. The molecule has 0 radical (unpaired) electrons. The van der Waals surface area contributed by atoms with E-state index in [0.29, 0.717) is 13.1 Å². The van der Waals surface area contributed by atoms with Crippen LogP contribution < -0.4 is 15.1 Å². The first kappa shape index (κ1) is 20.4. The van der Waals surface area contributed by atoms with Crippen LogP contribution in [0.1, 0.15) is 24.5 Å². The molecule has 1 aromatic carbocycles. The molecule has 0 aliphatic carbocycles. The lowest BCUT2D eigenvalue weighted by Crippen LogP contribution is -3.28. The highest BCUT2D eigenvalue weighted by Crippen LogP contribution is 2.01. The molecule has 6 heteroatoms. The summed E-state index contributed by atoms with van der Waals surface area (Å²) in [5.74, 6) is -0.0288. The molecule has 1 heterocycles. The number of carbonyl (C=O) groups is 2. The van der Waals surface area contributed by atoms with Crippen LogP contribution in [-0.2, 0) is 16.1 Å². The maximum Gasteiger partial charge on any atom is 0.277 e. The normalized spacial score (nSPS) is 19.8. The number of nitrogens with one attached hydrogen (secondary N) is 3. The van der Waals surface area contributed by atoms with Crippen LogP contribution in [0.25, 0.3) is 0 Å². The molecule has 26 heavy (non-hydrogen) atoms. The van der Waals surface area contributed by atoms with Crippen molar-refractivity contribution in [2.24, 2.45) is 0 Å². The summed E-state index contributed by atoms with van der Waals surface area (Å²) in [5, 5.41) is 2.81. The van der Waals surface area contributed by atoms with Gasteiger partial charge >= 0.3 is 0 Å². The van der Waals surface area contributed by atoms with Crippen LogP contribution in [0.15, 0.2) is 24.3 Å². The maximum absolute atomic E-state index is 12.3. The zero-order valence-electron chi connectivity index (χ0n) is 16.4. The fourth-order valence-corrected chi connectivity index (χ4v) is 3.39. The Morgan fingerprint density at radius 1 is 1.15 bits per heavy atom. The second-order valence-electron chi connectivity index (χ2n) is 7.44. The molecule has 3 N–H and O–H groups in total. The van der Waals surface area contributed by atoms with Gasteiger partial charge in [-0.1, -0.05) is 36.8 Å². The number of hydrogen-bond donors (Lipinski definition) is 3. The molecule has 0 bridgehead atoms. The largest absolute Gasteiger partial charge is 0.355 e. The van der Waals surface area contributed by atoms with Crippen LogP contribution >= 0.6 is 0 Å². The Labute approximate surface area is 157 Å². The summed E-state index contributed by atoms with van der Waals surface area (Å²) in [5.41, 5.74) is 2.69. The van der Waals surface area contributed by atoms with Gasteiger partial charge in [0.1, 0.15) is 32.7 Å². The number of quaternary nitrogens is 2. The van der Waals surface area contributed by atoms with E-state index in [1.54, 1.807) is 16.8 Å². The van der Waals surface area contributed by atoms with Crippen LogP contribution in [0.2, 0.25) is 0 Å². The zero-order valence-corrected chi connectivity index (χ0v) is 16.4.